The van der Waals surface area contributed by atoms with Gasteiger partial charge in [0.15, 0.2) is 5.82 Å². The maximum Gasteiger partial charge on any atom is 0.243 e. The van der Waals surface area contributed by atoms with Gasteiger partial charge < -0.3 is 9.26 Å². The van der Waals surface area contributed by atoms with E-state index in [4.69, 9.17) is 9.26 Å². The number of fused-ring (bicyclic) bond motifs is 1. The Morgan fingerprint density at radius 2 is 2.29 bits per heavy atom. The van der Waals surface area contributed by atoms with Gasteiger partial charge in [-0.3, -0.25) is 4.90 Å². The van der Waals surface area contributed by atoms with Gasteiger partial charge in [-0.25, -0.2) is 9.97 Å². The van der Waals surface area contributed by atoms with Gasteiger partial charge >= 0.3 is 0 Å². The van der Waals surface area contributed by atoms with Crippen molar-refractivity contribution >= 4 is 0 Å². The van der Waals surface area contributed by atoms with Crippen molar-refractivity contribution < 1.29 is 9.26 Å². The van der Waals surface area contributed by atoms with Crippen molar-refractivity contribution in [2.75, 3.05) is 13.2 Å². The monoisotopic (exact) mass is 289 g/mol. The van der Waals surface area contributed by atoms with Crippen LogP contribution in [-0.4, -0.2) is 38.2 Å². The predicted octanol–water partition coefficient (Wildman–Crippen LogP) is 1.69. The minimum absolute atomic E-state index is 0.0639. The number of aryl methyl sites for hydroxylation is 1. The second kappa shape index (κ2) is 5.77. The van der Waals surface area contributed by atoms with Crippen LogP contribution >= 0.6 is 0 Å². The molecule has 0 spiro atoms. The maximum absolute atomic E-state index is 5.61. The summed E-state index contributed by atoms with van der Waals surface area (Å²) in [6.45, 7) is 8.08. The fourth-order valence-corrected chi connectivity index (χ4v) is 2.57. The fourth-order valence-electron chi connectivity index (χ4n) is 2.57. The predicted molar refractivity (Wildman–Crippen MR) is 74.8 cm³/mol. The molecule has 1 atom stereocenters. The molecule has 7 heteroatoms. The number of rotatable bonds is 4. The van der Waals surface area contributed by atoms with Gasteiger partial charge in [0, 0.05) is 25.1 Å². The van der Waals surface area contributed by atoms with Gasteiger partial charge in [-0.1, -0.05) is 5.16 Å². The lowest BCUT2D eigenvalue weighted by atomic mass is 10.0. The van der Waals surface area contributed by atoms with Crippen LogP contribution in [0.25, 0.3) is 0 Å². The quantitative estimate of drug-likeness (QED) is 0.847. The molecule has 0 aliphatic carbocycles. The molecule has 0 bridgehead atoms. The molecule has 0 N–H and O–H groups in total. The number of aromatic nitrogens is 4. The Morgan fingerprint density at radius 1 is 1.43 bits per heavy atom. The van der Waals surface area contributed by atoms with E-state index in [9.17, 15) is 0 Å². The molecule has 21 heavy (non-hydrogen) atoms. The second-order valence-electron chi connectivity index (χ2n) is 5.11. The summed E-state index contributed by atoms with van der Waals surface area (Å²) in [6.07, 6.45) is 2.44. The molecule has 0 radical (unpaired) electrons. The van der Waals surface area contributed by atoms with Crippen molar-refractivity contribution in [3.05, 3.63) is 29.3 Å². The number of nitrogens with zero attached hydrogens (tertiary/aromatic N) is 5. The summed E-state index contributed by atoms with van der Waals surface area (Å²) in [6, 6.07) is 0.0639. The zero-order valence-electron chi connectivity index (χ0n) is 12.5. The van der Waals surface area contributed by atoms with Crippen LogP contribution in [0.1, 0.15) is 42.9 Å². The fraction of sp³-hybridized carbons (Fsp3) is 0.571. The smallest absolute Gasteiger partial charge is 0.243 e. The molecule has 7 nitrogen and oxygen atoms in total. The first kappa shape index (κ1) is 13.9. The highest BCUT2D eigenvalue weighted by Crippen LogP contribution is 2.29. The molecule has 3 heterocycles. The summed E-state index contributed by atoms with van der Waals surface area (Å²) in [5, 5.41) is 3.86. The molecular weight excluding hydrogens is 270 g/mol. The summed E-state index contributed by atoms with van der Waals surface area (Å²) in [7, 11) is 0. The molecule has 0 fully saturated rings. The molecule has 0 aromatic carbocycles. The zero-order chi connectivity index (χ0) is 14.8. The van der Waals surface area contributed by atoms with Crippen LogP contribution < -0.4 is 4.74 Å². The van der Waals surface area contributed by atoms with Gasteiger partial charge in [0.25, 0.3) is 0 Å². The molecular formula is C14H19N5O2. The summed E-state index contributed by atoms with van der Waals surface area (Å²) >= 11 is 0. The van der Waals surface area contributed by atoms with E-state index >= 15 is 0 Å². The maximum atomic E-state index is 5.61. The Hall–Kier alpha value is -2.02. The van der Waals surface area contributed by atoms with Gasteiger partial charge in [0.2, 0.25) is 11.8 Å². The van der Waals surface area contributed by atoms with Gasteiger partial charge in [-0.15, -0.1) is 0 Å². The lowest BCUT2D eigenvalue weighted by Gasteiger charge is -2.31. The first-order chi connectivity index (χ1) is 10.2. The summed E-state index contributed by atoms with van der Waals surface area (Å²) in [5.74, 6) is 1.99. The van der Waals surface area contributed by atoms with Crippen molar-refractivity contribution in [3.8, 4) is 5.88 Å². The molecule has 2 aromatic heterocycles. The molecule has 0 saturated heterocycles. The highest BCUT2D eigenvalue weighted by atomic mass is 16.5. The summed E-state index contributed by atoms with van der Waals surface area (Å²) in [5.41, 5.74) is 2.13. The lowest BCUT2D eigenvalue weighted by molar-refractivity contribution is 0.153. The van der Waals surface area contributed by atoms with Crippen molar-refractivity contribution in [1.29, 1.82) is 0 Å². The van der Waals surface area contributed by atoms with Crippen molar-refractivity contribution in [3.63, 3.8) is 0 Å². The van der Waals surface area contributed by atoms with Crippen molar-refractivity contribution in [1.82, 2.24) is 25.0 Å². The Balaban J connectivity index is 1.83. The van der Waals surface area contributed by atoms with E-state index in [0.29, 0.717) is 24.2 Å². The minimum atomic E-state index is 0.0639. The first-order valence-electron chi connectivity index (χ1n) is 7.18. The topological polar surface area (TPSA) is 77.2 Å². The van der Waals surface area contributed by atoms with Gasteiger partial charge in [0.1, 0.15) is 6.33 Å². The van der Waals surface area contributed by atoms with Crippen LogP contribution in [0.15, 0.2) is 10.9 Å². The molecule has 3 rings (SSSR count). The molecule has 0 amide bonds. The molecule has 1 unspecified atom stereocenters. The molecule has 0 saturated carbocycles. The Bertz CT molecular complexity index is 628. The molecule has 1 aliphatic heterocycles. The molecule has 1 aliphatic rings. The molecule has 2 aromatic rings. The average Bonchev–Trinajstić information content (AvgIpc) is 2.93. The van der Waals surface area contributed by atoms with Crippen LogP contribution in [0, 0.1) is 6.92 Å². The van der Waals surface area contributed by atoms with Crippen LogP contribution in [-0.2, 0) is 13.0 Å². The van der Waals surface area contributed by atoms with E-state index in [1.807, 2.05) is 13.8 Å². The van der Waals surface area contributed by atoms with Crippen molar-refractivity contribution in [2.45, 2.75) is 39.8 Å². The number of hydrogen-bond donors (Lipinski definition) is 0. The third-order valence-corrected chi connectivity index (χ3v) is 3.72. The highest BCUT2D eigenvalue weighted by Gasteiger charge is 2.28. The van der Waals surface area contributed by atoms with E-state index in [1.165, 1.54) is 0 Å². The van der Waals surface area contributed by atoms with Crippen LogP contribution in [0.5, 0.6) is 5.88 Å². The highest BCUT2D eigenvalue weighted by molar-refractivity contribution is 5.31. The standard InChI is InChI=1S/C14H19N5O2/c1-4-20-14-11-7-19(6-5-12(11)15-8-16-14)9(2)13-17-10(3)18-21-13/h8-9H,4-7H2,1-3H3. The third kappa shape index (κ3) is 2.73. The number of hydrogen-bond acceptors (Lipinski definition) is 7. The van der Waals surface area contributed by atoms with Gasteiger partial charge in [-0.2, -0.15) is 4.98 Å². The summed E-state index contributed by atoms with van der Waals surface area (Å²) in [4.78, 5) is 15.2. The van der Waals surface area contributed by atoms with Crippen LogP contribution in [0.4, 0.5) is 0 Å². The Kier molecular flexibility index (Phi) is 3.83. The number of ether oxygens (including phenoxy) is 1. The third-order valence-electron chi connectivity index (χ3n) is 3.72. The zero-order valence-corrected chi connectivity index (χ0v) is 12.5. The van der Waals surface area contributed by atoms with Gasteiger partial charge in [-0.05, 0) is 20.8 Å². The Labute approximate surface area is 123 Å². The lowest BCUT2D eigenvalue weighted by Crippen LogP contribution is -2.34. The first-order valence-corrected chi connectivity index (χ1v) is 7.18. The second-order valence-corrected chi connectivity index (χ2v) is 5.11. The van der Waals surface area contributed by atoms with E-state index < -0.39 is 0 Å². The Morgan fingerprint density at radius 3 is 3.00 bits per heavy atom. The average molecular weight is 289 g/mol. The van der Waals surface area contributed by atoms with Crippen LogP contribution in [0.3, 0.4) is 0 Å². The SMILES string of the molecule is CCOc1ncnc2c1CN(C(C)c1nc(C)no1)CC2. The van der Waals surface area contributed by atoms with E-state index in [-0.39, 0.29) is 6.04 Å². The van der Waals surface area contributed by atoms with E-state index in [0.717, 1.165) is 30.8 Å². The largest absolute Gasteiger partial charge is 0.478 e. The van der Waals surface area contributed by atoms with Crippen LogP contribution in [0.2, 0.25) is 0 Å². The van der Waals surface area contributed by atoms with E-state index in [2.05, 4.69) is 31.9 Å². The molecule has 112 valence electrons. The normalized spacial score (nSPS) is 16.5. The van der Waals surface area contributed by atoms with Crippen molar-refractivity contribution in [2.24, 2.45) is 0 Å². The minimum Gasteiger partial charge on any atom is -0.478 e. The van der Waals surface area contributed by atoms with Gasteiger partial charge in [0.05, 0.1) is 18.3 Å². The summed E-state index contributed by atoms with van der Waals surface area (Å²) < 4.78 is 10.9. The van der Waals surface area contributed by atoms with E-state index in [1.54, 1.807) is 6.33 Å².